The summed E-state index contributed by atoms with van der Waals surface area (Å²) in [4.78, 5) is 24.9. The van der Waals surface area contributed by atoms with Gasteiger partial charge in [-0.25, -0.2) is 4.79 Å². The van der Waals surface area contributed by atoms with Crippen LogP contribution in [0.2, 0.25) is 0 Å². The first-order valence-corrected chi connectivity index (χ1v) is 8.16. The average molecular weight is 361 g/mol. The quantitative estimate of drug-likeness (QED) is 0.573. The molecule has 0 aliphatic carbocycles. The summed E-state index contributed by atoms with van der Waals surface area (Å²) in [6, 6.07) is 3.17. The van der Waals surface area contributed by atoms with Crippen molar-refractivity contribution >= 4 is 12.4 Å². The van der Waals surface area contributed by atoms with Crippen LogP contribution in [0.1, 0.15) is 31.1 Å². The number of nitrogens with zero attached hydrogens (tertiary/aromatic N) is 1. The van der Waals surface area contributed by atoms with Crippen LogP contribution in [0, 0.1) is 12.3 Å². The molecule has 7 nitrogen and oxygen atoms in total. The summed E-state index contributed by atoms with van der Waals surface area (Å²) in [6.45, 7) is 6.19. The SMILES string of the molecule is C#CCOc1ccc(C=O)c(OC2CN(C(=O)OC(C)(C)C)C2)c1OC. The van der Waals surface area contributed by atoms with Gasteiger partial charge in [0.2, 0.25) is 5.75 Å². The van der Waals surface area contributed by atoms with E-state index in [1.165, 1.54) is 12.0 Å². The van der Waals surface area contributed by atoms with Gasteiger partial charge in [0.1, 0.15) is 18.3 Å². The molecule has 7 heteroatoms. The zero-order valence-electron chi connectivity index (χ0n) is 15.4. The van der Waals surface area contributed by atoms with Crippen molar-refractivity contribution in [2.75, 3.05) is 26.8 Å². The molecule has 0 N–H and O–H groups in total. The second kappa shape index (κ2) is 8.00. The molecule has 1 aliphatic heterocycles. The first-order chi connectivity index (χ1) is 12.3. The van der Waals surface area contributed by atoms with E-state index >= 15 is 0 Å². The largest absolute Gasteiger partial charge is 0.490 e. The normalized spacial score (nSPS) is 14.0. The lowest BCUT2D eigenvalue weighted by molar-refractivity contribution is -0.0228. The number of hydrogen-bond acceptors (Lipinski definition) is 6. The van der Waals surface area contributed by atoms with E-state index in [4.69, 9.17) is 25.4 Å². The van der Waals surface area contributed by atoms with Gasteiger partial charge in [-0.3, -0.25) is 4.79 Å². The Morgan fingerprint density at radius 1 is 1.35 bits per heavy atom. The van der Waals surface area contributed by atoms with Crippen LogP contribution in [0.4, 0.5) is 4.79 Å². The molecule has 0 unspecified atom stereocenters. The number of benzene rings is 1. The molecule has 1 saturated heterocycles. The van der Waals surface area contributed by atoms with E-state index in [0.29, 0.717) is 36.4 Å². The van der Waals surface area contributed by atoms with Gasteiger partial charge in [-0.05, 0) is 32.9 Å². The Morgan fingerprint density at radius 3 is 2.58 bits per heavy atom. The highest BCUT2D eigenvalue weighted by atomic mass is 16.6. The molecular weight excluding hydrogens is 338 g/mol. The van der Waals surface area contributed by atoms with Crippen molar-refractivity contribution in [1.29, 1.82) is 0 Å². The third-order valence-corrected chi connectivity index (χ3v) is 3.53. The third-order valence-electron chi connectivity index (χ3n) is 3.53. The van der Waals surface area contributed by atoms with Crippen LogP contribution in [0.15, 0.2) is 12.1 Å². The molecule has 1 fully saturated rings. The summed E-state index contributed by atoms with van der Waals surface area (Å²) < 4.78 is 22.0. The molecule has 1 aromatic carbocycles. The monoisotopic (exact) mass is 361 g/mol. The predicted octanol–water partition coefficient (Wildman–Crippen LogP) is 2.52. The fraction of sp³-hybridized carbons (Fsp3) is 0.474. The van der Waals surface area contributed by atoms with E-state index in [1.807, 2.05) is 20.8 Å². The maximum atomic E-state index is 12.0. The second-order valence-corrected chi connectivity index (χ2v) is 6.75. The fourth-order valence-electron chi connectivity index (χ4n) is 2.36. The molecule has 1 heterocycles. The van der Waals surface area contributed by atoms with Crippen molar-refractivity contribution < 1.29 is 28.5 Å². The Morgan fingerprint density at radius 2 is 2.04 bits per heavy atom. The molecule has 0 radical (unpaired) electrons. The van der Waals surface area contributed by atoms with Crippen molar-refractivity contribution in [3.8, 4) is 29.6 Å². The van der Waals surface area contributed by atoms with Gasteiger partial charge in [0, 0.05) is 0 Å². The molecule has 140 valence electrons. The van der Waals surface area contributed by atoms with E-state index in [0.717, 1.165) is 0 Å². The number of methoxy groups -OCH3 is 1. The molecule has 0 spiro atoms. The summed E-state index contributed by atoms with van der Waals surface area (Å²) in [5.41, 5.74) is -0.231. The van der Waals surface area contributed by atoms with Gasteiger partial charge < -0.3 is 23.8 Å². The van der Waals surface area contributed by atoms with Crippen LogP contribution in [0.25, 0.3) is 0 Å². The van der Waals surface area contributed by atoms with Crippen LogP contribution in [-0.4, -0.2) is 55.8 Å². The van der Waals surface area contributed by atoms with Crippen LogP contribution < -0.4 is 14.2 Å². The van der Waals surface area contributed by atoms with Gasteiger partial charge in [-0.15, -0.1) is 6.42 Å². The van der Waals surface area contributed by atoms with E-state index < -0.39 is 11.7 Å². The van der Waals surface area contributed by atoms with Gasteiger partial charge >= 0.3 is 6.09 Å². The first kappa shape index (κ1) is 19.4. The number of hydrogen-bond donors (Lipinski definition) is 0. The smallest absolute Gasteiger partial charge is 0.410 e. The standard InChI is InChI=1S/C19H23NO6/c1-6-9-24-15-8-7-13(12-21)16(17(15)23-5)25-14-10-20(11-14)18(22)26-19(2,3)4/h1,7-8,12,14H,9-11H2,2-5H3. The number of aldehydes is 1. The number of carbonyl (C=O) groups is 2. The van der Waals surface area contributed by atoms with Gasteiger partial charge in [0.15, 0.2) is 17.8 Å². The number of ether oxygens (including phenoxy) is 4. The fourth-order valence-corrected chi connectivity index (χ4v) is 2.36. The maximum Gasteiger partial charge on any atom is 0.410 e. The topological polar surface area (TPSA) is 74.3 Å². The summed E-state index contributed by atoms with van der Waals surface area (Å²) in [5.74, 6) is 3.31. The Bertz CT molecular complexity index is 710. The summed E-state index contributed by atoms with van der Waals surface area (Å²) >= 11 is 0. The van der Waals surface area contributed by atoms with Gasteiger partial charge in [-0.1, -0.05) is 5.92 Å². The Labute approximate surface area is 153 Å². The van der Waals surface area contributed by atoms with E-state index in [2.05, 4.69) is 5.92 Å². The Kier molecular flexibility index (Phi) is 5.98. The van der Waals surface area contributed by atoms with Gasteiger partial charge in [-0.2, -0.15) is 0 Å². The highest BCUT2D eigenvalue weighted by molar-refractivity contribution is 5.82. The summed E-state index contributed by atoms with van der Waals surface area (Å²) in [5, 5.41) is 0. The number of carbonyl (C=O) groups excluding carboxylic acids is 2. The molecule has 1 aliphatic rings. The minimum atomic E-state index is -0.556. The molecule has 0 aromatic heterocycles. The zero-order chi connectivity index (χ0) is 19.3. The minimum Gasteiger partial charge on any atom is -0.490 e. The lowest BCUT2D eigenvalue weighted by atomic mass is 10.1. The Hall–Kier alpha value is -2.88. The predicted molar refractivity (Wildman–Crippen MR) is 94.9 cm³/mol. The molecule has 26 heavy (non-hydrogen) atoms. The average Bonchev–Trinajstić information content (AvgIpc) is 2.53. The minimum absolute atomic E-state index is 0.0616. The molecule has 0 atom stereocenters. The maximum absolute atomic E-state index is 12.0. The van der Waals surface area contributed by atoms with Crippen LogP contribution in [0.5, 0.6) is 17.2 Å². The molecule has 1 aromatic rings. The third kappa shape index (κ3) is 4.60. The van der Waals surface area contributed by atoms with Crippen molar-refractivity contribution in [1.82, 2.24) is 4.90 Å². The molecule has 0 saturated carbocycles. The lowest BCUT2D eigenvalue weighted by Crippen LogP contribution is -2.57. The number of terminal acetylenes is 1. The van der Waals surface area contributed by atoms with Crippen LogP contribution in [-0.2, 0) is 4.74 Å². The second-order valence-electron chi connectivity index (χ2n) is 6.75. The summed E-state index contributed by atoms with van der Waals surface area (Å²) in [6.07, 6.45) is 5.21. The molecule has 2 rings (SSSR count). The van der Waals surface area contributed by atoms with Crippen molar-refractivity contribution in [2.24, 2.45) is 0 Å². The molecule has 0 bridgehead atoms. The highest BCUT2D eigenvalue weighted by Gasteiger charge is 2.36. The van der Waals surface area contributed by atoms with Gasteiger partial charge in [0.25, 0.3) is 0 Å². The van der Waals surface area contributed by atoms with E-state index in [9.17, 15) is 9.59 Å². The molecule has 1 amide bonds. The number of likely N-dealkylation sites (tertiary alicyclic amines) is 1. The van der Waals surface area contributed by atoms with E-state index in [1.54, 1.807) is 12.1 Å². The van der Waals surface area contributed by atoms with E-state index in [-0.39, 0.29) is 18.5 Å². The lowest BCUT2D eigenvalue weighted by Gasteiger charge is -2.39. The zero-order valence-corrected chi connectivity index (χ0v) is 15.4. The van der Waals surface area contributed by atoms with Crippen LogP contribution >= 0.6 is 0 Å². The molecular formula is C19H23NO6. The summed E-state index contributed by atoms with van der Waals surface area (Å²) in [7, 11) is 1.45. The van der Waals surface area contributed by atoms with Crippen molar-refractivity contribution in [3.05, 3.63) is 17.7 Å². The highest BCUT2D eigenvalue weighted by Crippen LogP contribution is 2.40. The van der Waals surface area contributed by atoms with Crippen LogP contribution in [0.3, 0.4) is 0 Å². The van der Waals surface area contributed by atoms with Crippen molar-refractivity contribution in [2.45, 2.75) is 32.5 Å². The van der Waals surface area contributed by atoms with Crippen molar-refractivity contribution in [3.63, 3.8) is 0 Å². The number of rotatable bonds is 6. The van der Waals surface area contributed by atoms with Gasteiger partial charge in [0.05, 0.1) is 25.8 Å². The Balaban J connectivity index is 2.09. The number of amides is 1. The first-order valence-electron chi connectivity index (χ1n) is 8.16.